The van der Waals surface area contributed by atoms with Gasteiger partial charge in [0.2, 0.25) is 0 Å². The number of aromatic nitrogens is 4. The highest BCUT2D eigenvalue weighted by molar-refractivity contribution is 5.82. The molecule has 4 atom stereocenters. The Hall–Kier alpha value is -2.07. The summed E-state index contributed by atoms with van der Waals surface area (Å²) < 4.78 is 51.2. The first-order valence-electron chi connectivity index (χ1n) is 10.2. The van der Waals surface area contributed by atoms with Crippen LogP contribution in [-0.2, 0) is 4.74 Å². The van der Waals surface area contributed by atoms with Gasteiger partial charge in [-0.15, -0.1) is 0 Å². The summed E-state index contributed by atoms with van der Waals surface area (Å²) in [6.45, 7) is -6.16. The minimum Gasteiger partial charge on any atom is -0.394 e. The van der Waals surface area contributed by atoms with Crippen molar-refractivity contribution in [1.29, 1.82) is 0 Å². The molecule has 4 N–H and O–H groups in total. The SMILES string of the molecule is [2H]C([2H])([2H])C(=CCNc1ncnc2c1ncn2[C@@H]1O[C@H](CO)[C@@H](O)[C@H]1O)C([2H])([2H])[2H]. The molecule has 0 aliphatic carbocycles. The number of allylic oxidation sites excluding steroid dienone is 1. The lowest BCUT2D eigenvalue weighted by molar-refractivity contribution is -0.0511. The van der Waals surface area contributed by atoms with Crippen molar-refractivity contribution in [1.82, 2.24) is 19.5 Å². The molecule has 1 fully saturated rings. The zero-order chi connectivity index (χ0) is 22.3. The monoisotopic (exact) mass is 341 g/mol. The van der Waals surface area contributed by atoms with Crippen molar-refractivity contribution in [3.8, 4) is 0 Å². The third-order valence-corrected chi connectivity index (χ3v) is 3.73. The number of aliphatic hydroxyl groups is 3. The number of ether oxygens (including phenoxy) is 1. The summed E-state index contributed by atoms with van der Waals surface area (Å²) in [6.07, 6.45) is -1.04. The van der Waals surface area contributed by atoms with E-state index in [2.05, 4.69) is 20.3 Å². The molecule has 0 bridgehead atoms. The Morgan fingerprint density at radius 3 is 2.92 bits per heavy atom. The maximum atomic E-state index is 10.2. The summed E-state index contributed by atoms with van der Waals surface area (Å²) in [7, 11) is 0. The first-order valence-corrected chi connectivity index (χ1v) is 7.20. The third kappa shape index (κ3) is 2.98. The maximum absolute atomic E-state index is 10.2. The molecule has 0 spiro atoms. The summed E-state index contributed by atoms with van der Waals surface area (Å²) in [4.78, 5) is 12.3. The lowest BCUT2D eigenvalue weighted by Crippen LogP contribution is -2.33. The van der Waals surface area contributed by atoms with Crippen LogP contribution in [0.2, 0.25) is 0 Å². The van der Waals surface area contributed by atoms with Crippen molar-refractivity contribution in [2.45, 2.75) is 38.2 Å². The summed E-state index contributed by atoms with van der Waals surface area (Å²) in [5, 5.41) is 32.2. The molecule has 130 valence electrons. The van der Waals surface area contributed by atoms with E-state index in [0.29, 0.717) is 0 Å². The Balaban J connectivity index is 1.85. The van der Waals surface area contributed by atoms with E-state index in [1.165, 1.54) is 17.2 Å². The number of imidazole rings is 1. The van der Waals surface area contributed by atoms with E-state index in [1.54, 1.807) is 0 Å². The Kier molecular flexibility index (Phi) is 3.04. The predicted molar refractivity (Wildman–Crippen MR) is 86.3 cm³/mol. The van der Waals surface area contributed by atoms with Gasteiger partial charge >= 0.3 is 0 Å². The van der Waals surface area contributed by atoms with Crippen molar-refractivity contribution in [3.05, 3.63) is 24.3 Å². The van der Waals surface area contributed by atoms with Crippen LogP contribution < -0.4 is 5.32 Å². The third-order valence-electron chi connectivity index (χ3n) is 3.73. The Morgan fingerprint density at radius 1 is 1.38 bits per heavy atom. The number of nitrogens with zero attached hydrogens (tertiary/aromatic N) is 4. The fourth-order valence-electron chi connectivity index (χ4n) is 2.53. The summed E-state index contributed by atoms with van der Waals surface area (Å²) in [5.41, 5.74) is -0.156. The van der Waals surface area contributed by atoms with Gasteiger partial charge in [0.05, 0.1) is 12.9 Å². The standard InChI is InChI=1S/C15H21N5O4/c1-8(2)3-4-16-13-10-14(18-6-17-13)20(7-19-10)15-12(23)11(22)9(5-21)24-15/h3,6-7,9,11-12,15,21-23H,4-5H2,1-2H3,(H,16,17,18)/t9-,11-,12-,15-/m1/s1/i1D3,2D3. The van der Waals surface area contributed by atoms with Crippen LogP contribution in [0.5, 0.6) is 0 Å². The van der Waals surface area contributed by atoms with Crippen molar-refractivity contribution < 1.29 is 28.3 Å². The number of rotatable bonds is 5. The molecular weight excluding hydrogens is 314 g/mol. The van der Waals surface area contributed by atoms with Crippen LogP contribution in [0.1, 0.15) is 28.2 Å². The number of hydrogen-bond donors (Lipinski definition) is 4. The van der Waals surface area contributed by atoms with Crippen LogP contribution in [0.4, 0.5) is 5.82 Å². The summed E-state index contributed by atoms with van der Waals surface area (Å²) in [5.74, 6) is 0.206. The van der Waals surface area contributed by atoms with Crippen molar-refractivity contribution >= 4 is 17.0 Å². The minimum atomic E-state index is -2.77. The Morgan fingerprint density at radius 2 is 2.21 bits per heavy atom. The molecule has 0 aromatic carbocycles. The highest BCUT2D eigenvalue weighted by Crippen LogP contribution is 2.31. The normalized spacial score (nSPS) is 31.5. The zero-order valence-electron chi connectivity index (χ0n) is 18.5. The first-order chi connectivity index (χ1) is 13.9. The first kappa shape index (κ1) is 10.7. The zero-order valence-corrected chi connectivity index (χ0v) is 12.5. The molecule has 3 heterocycles. The molecular formula is C15H21N5O4. The Labute approximate surface area is 147 Å². The van der Waals surface area contributed by atoms with E-state index in [9.17, 15) is 15.3 Å². The van der Waals surface area contributed by atoms with Gasteiger partial charge in [0, 0.05) is 14.8 Å². The average Bonchev–Trinajstić information content (AvgIpc) is 3.19. The van der Waals surface area contributed by atoms with E-state index in [0.717, 1.165) is 6.08 Å². The molecule has 2 aromatic rings. The maximum Gasteiger partial charge on any atom is 0.167 e. The molecule has 9 nitrogen and oxygen atoms in total. The van der Waals surface area contributed by atoms with Gasteiger partial charge in [0.15, 0.2) is 23.2 Å². The van der Waals surface area contributed by atoms with E-state index in [1.807, 2.05) is 0 Å². The smallest absolute Gasteiger partial charge is 0.167 e. The number of hydrogen-bond acceptors (Lipinski definition) is 8. The molecule has 1 aliphatic rings. The fourth-order valence-corrected chi connectivity index (χ4v) is 2.53. The molecule has 3 rings (SSSR count). The van der Waals surface area contributed by atoms with E-state index in [-0.39, 0.29) is 23.5 Å². The van der Waals surface area contributed by atoms with Gasteiger partial charge in [0.25, 0.3) is 0 Å². The minimum absolute atomic E-state index is 0.140. The molecule has 24 heavy (non-hydrogen) atoms. The topological polar surface area (TPSA) is 126 Å². The largest absolute Gasteiger partial charge is 0.394 e. The average molecular weight is 341 g/mol. The van der Waals surface area contributed by atoms with Gasteiger partial charge < -0.3 is 25.4 Å². The van der Waals surface area contributed by atoms with Crippen LogP contribution in [0.15, 0.2) is 24.3 Å². The van der Waals surface area contributed by atoms with Crippen molar-refractivity contribution in [2.24, 2.45) is 0 Å². The second-order valence-corrected chi connectivity index (χ2v) is 5.27. The number of aliphatic hydroxyl groups excluding tert-OH is 3. The van der Waals surface area contributed by atoms with E-state index < -0.39 is 50.4 Å². The van der Waals surface area contributed by atoms with Crippen LogP contribution in [0.25, 0.3) is 11.2 Å². The summed E-state index contributed by atoms with van der Waals surface area (Å²) >= 11 is 0. The van der Waals surface area contributed by atoms with Crippen LogP contribution >= 0.6 is 0 Å². The molecule has 0 radical (unpaired) electrons. The van der Waals surface area contributed by atoms with Gasteiger partial charge in [-0.25, -0.2) is 15.0 Å². The van der Waals surface area contributed by atoms with Gasteiger partial charge in [0.1, 0.15) is 24.6 Å². The molecule has 1 aliphatic heterocycles. The van der Waals surface area contributed by atoms with Gasteiger partial charge in [-0.2, -0.15) is 0 Å². The number of fused-ring (bicyclic) bond motifs is 1. The highest BCUT2D eigenvalue weighted by atomic mass is 16.6. The fraction of sp³-hybridized carbons (Fsp3) is 0.533. The molecule has 1 saturated heterocycles. The molecule has 0 saturated carbocycles. The van der Waals surface area contributed by atoms with Gasteiger partial charge in [-0.1, -0.05) is 11.6 Å². The molecule has 0 amide bonds. The van der Waals surface area contributed by atoms with E-state index >= 15 is 0 Å². The quantitative estimate of drug-likeness (QED) is 0.552. The highest BCUT2D eigenvalue weighted by Gasteiger charge is 2.43. The van der Waals surface area contributed by atoms with Crippen molar-refractivity contribution in [3.63, 3.8) is 0 Å². The van der Waals surface area contributed by atoms with Crippen LogP contribution in [0.3, 0.4) is 0 Å². The predicted octanol–water partition coefficient (Wildman–Crippen LogP) is -0.184. The lowest BCUT2D eigenvalue weighted by atomic mass is 10.1. The van der Waals surface area contributed by atoms with Gasteiger partial charge in [-0.05, 0) is 13.7 Å². The summed E-state index contributed by atoms with van der Waals surface area (Å²) in [6, 6.07) is 0. The second kappa shape index (κ2) is 6.81. The van der Waals surface area contributed by atoms with E-state index in [4.69, 9.17) is 13.0 Å². The molecule has 0 unspecified atom stereocenters. The molecule has 9 heteroatoms. The van der Waals surface area contributed by atoms with Crippen LogP contribution in [0, 0.1) is 0 Å². The van der Waals surface area contributed by atoms with Crippen molar-refractivity contribution in [2.75, 3.05) is 18.5 Å². The number of anilines is 1. The second-order valence-electron chi connectivity index (χ2n) is 5.27. The van der Waals surface area contributed by atoms with Crippen LogP contribution in [-0.4, -0.2) is 66.3 Å². The van der Waals surface area contributed by atoms with Gasteiger partial charge in [-0.3, -0.25) is 4.57 Å². The Bertz CT molecular complexity index is 914. The number of nitrogens with one attached hydrogen (secondary N) is 1. The lowest BCUT2D eigenvalue weighted by Gasteiger charge is -2.16. The molecule has 2 aromatic heterocycles.